The van der Waals surface area contributed by atoms with Crippen LogP contribution in [-0.4, -0.2) is 44.6 Å². The number of aromatic amines is 1. The van der Waals surface area contributed by atoms with E-state index in [1.54, 1.807) is 13.8 Å². The molecule has 0 aliphatic carbocycles. The average molecular weight is 337 g/mol. The van der Waals surface area contributed by atoms with E-state index in [1.165, 1.54) is 10.9 Å². The number of nitrogens with zero attached hydrogens (tertiary/aromatic N) is 3. The van der Waals surface area contributed by atoms with Crippen LogP contribution in [-0.2, 0) is 25.8 Å². The van der Waals surface area contributed by atoms with Gasteiger partial charge in [-0.2, -0.15) is 4.98 Å². The van der Waals surface area contributed by atoms with Crippen LogP contribution in [0.5, 0.6) is 0 Å². The van der Waals surface area contributed by atoms with Crippen LogP contribution in [0.4, 0.5) is 5.95 Å². The molecule has 0 aromatic carbocycles. The number of anilines is 1. The molecule has 0 unspecified atom stereocenters. The molecular weight excluding hydrogens is 318 g/mol. The molecule has 24 heavy (non-hydrogen) atoms. The summed E-state index contributed by atoms with van der Waals surface area (Å²) >= 11 is 0. The van der Waals surface area contributed by atoms with Crippen LogP contribution in [0, 0.1) is 0 Å². The summed E-state index contributed by atoms with van der Waals surface area (Å²) in [4.78, 5) is 45.0. The number of imidazole rings is 1. The lowest BCUT2D eigenvalue weighted by Crippen LogP contribution is -2.18. The van der Waals surface area contributed by atoms with E-state index in [2.05, 4.69) is 20.3 Å². The monoisotopic (exact) mass is 337 g/mol. The summed E-state index contributed by atoms with van der Waals surface area (Å²) < 4.78 is 11.8. The van der Waals surface area contributed by atoms with Crippen LogP contribution < -0.4 is 10.9 Å². The number of amides is 1. The first kappa shape index (κ1) is 17.6. The number of carbonyl (C=O) groups excluding carboxylic acids is 2. The van der Waals surface area contributed by atoms with E-state index in [0.29, 0.717) is 6.42 Å². The molecule has 0 aliphatic rings. The van der Waals surface area contributed by atoms with Crippen molar-refractivity contribution in [1.29, 1.82) is 0 Å². The van der Waals surface area contributed by atoms with E-state index in [0.717, 1.165) is 0 Å². The molecule has 0 atom stereocenters. The Kier molecular flexibility index (Phi) is 6.01. The standard InChI is InChI=1S/C14H19N5O5/c1-3-9(20)16-14-17-12-11(13(22)18-14)15-7-19(12)8-23-5-6-24-10(21)4-2/h7H,3-6,8H2,1-2H3,(H2,16,17,18,20,22). The topological polar surface area (TPSA) is 128 Å². The van der Waals surface area contributed by atoms with Crippen molar-refractivity contribution < 1.29 is 19.1 Å². The van der Waals surface area contributed by atoms with E-state index in [9.17, 15) is 14.4 Å². The van der Waals surface area contributed by atoms with Crippen molar-refractivity contribution in [3.8, 4) is 0 Å². The lowest BCUT2D eigenvalue weighted by molar-refractivity contribution is -0.145. The first-order chi connectivity index (χ1) is 11.5. The van der Waals surface area contributed by atoms with Gasteiger partial charge in [0.05, 0.1) is 12.9 Å². The molecule has 130 valence electrons. The molecule has 2 aromatic rings. The number of esters is 1. The Morgan fingerprint density at radius 1 is 1.29 bits per heavy atom. The number of hydrogen-bond acceptors (Lipinski definition) is 7. The molecule has 2 N–H and O–H groups in total. The van der Waals surface area contributed by atoms with E-state index < -0.39 is 5.56 Å². The average Bonchev–Trinajstić information content (AvgIpc) is 2.97. The molecular formula is C14H19N5O5. The zero-order chi connectivity index (χ0) is 17.5. The predicted molar refractivity (Wildman–Crippen MR) is 84.3 cm³/mol. The molecule has 0 fully saturated rings. The number of aromatic nitrogens is 4. The van der Waals surface area contributed by atoms with Crippen LogP contribution >= 0.6 is 0 Å². The fourth-order valence-corrected chi connectivity index (χ4v) is 1.81. The Morgan fingerprint density at radius 3 is 2.79 bits per heavy atom. The normalized spacial score (nSPS) is 10.8. The molecule has 0 saturated heterocycles. The van der Waals surface area contributed by atoms with Gasteiger partial charge in [-0.15, -0.1) is 0 Å². The van der Waals surface area contributed by atoms with E-state index >= 15 is 0 Å². The summed E-state index contributed by atoms with van der Waals surface area (Å²) in [5.74, 6) is -0.508. The molecule has 0 saturated carbocycles. The third kappa shape index (κ3) is 4.38. The van der Waals surface area contributed by atoms with Gasteiger partial charge in [0.15, 0.2) is 11.2 Å². The SMILES string of the molecule is CCC(=O)Nc1nc2c(ncn2COCCOC(=O)CC)c(=O)[nH]1. The van der Waals surface area contributed by atoms with Crippen molar-refractivity contribution in [3.05, 3.63) is 16.7 Å². The molecule has 2 heterocycles. The maximum atomic E-state index is 11.9. The number of carbonyl (C=O) groups is 2. The van der Waals surface area contributed by atoms with Gasteiger partial charge < -0.3 is 9.47 Å². The highest BCUT2D eigenvalue weighted by Crippen LogP contribution is 2.08. The van der Waals surface area contributed by atoms with Gasteiger partial charge in [-0.25, -0.2) is 4.98 Å². The van der Waals surface area contributed by atoms with Crippen LogP contribution in [0.15, 0.2) is 11.1 Å². The largest absolute Gasteiger partial charge is 0.463 e. The summed E-state index contributed by atoms with van der Waals surface area (Å²) in [5, 5.41) is 2.49. The van der Waals surface area contributed by atoms with Gasteiger partial charge >= 0.3 is 5.97 Å². The minimum atomic E-state index is -0.456. The smallest absolute Gasteiger partial charge is 0.305 e. The highest BCUT2D eigenvalue weighted by atomic mass is 16.6. The van der Waals surface area contributed by atoms with Gasteiger partial charge in [-0.05, 0) is 0 Å². The molecule has 0 radical (unpaired) electrons. The lowest BCUT2D eigenvalue weighted by Gasteiger charge is -2.07. The Bertz CT molecular complexity index is 781. The van der Waals surface area contributed by atoms with Crippen LogP contribution in [0.3, 0.4) is 0 Å². The third-order valence-corrected chi connectivity index (χ3v) is 3.06. The van der Waals surface area contributed by atoms with Crippen molar-refractivity contribution in [2.24, 2.45) is 0 Å². The third-order valence-electron chi connectivity index (χ3n) is 3.06. The van der Waals surface area contributed by atoms with Crippen LogP contribution in [0.1, 0.15) is 26.7 Å². The fraction of sp³-hybridized carbons (Fsp3) is 0.500. The lowest BCUT2D eigenvalue weighted by atomic mass is 10.4. The molecule has 10 heteroatoms. The van der Waals surface area contributed by atoms with Crippen LogP contribution in [0.25, 0.3) is 11.2 Å². The van der Waals surface area contributed by atoms with Gasteiger partial charge in [-0.3, -0.25) is 29.3 Å². The summed E-state index contributed by atoms with van der Waals surface area (Å²) in [5.41, 5.74) is -0.0248. The number of fused-ring (bicyclic) bond motifs is 1. The molecule has 0 aliphatic heterocycles. The molecule has 2 aromatic heterocycles. The van der Waals surface area contributed by atoms with Crippen molar-refractivity contribution >= 4 is 29.0 Å². The quantitative estimate of drug-likeness (QED) is 0.527. The van der Waals surface area contributed by atoms with Gasteiger partial charge in [0.2, 0.25) is 11.9 Å². The number of rotatable bonds is 8. The van der Waals surface area contributed by atoms with E-state index in [-0.39, 0.29) is 55.4 Å². The highest BCUT2D eigenvalue weighted by Gasteiger charge is 2.11. The Labute approximate surface area is 137 Å². The Balaban J connectivity index is 2.04. The van der Waals surface area contributed by atoms with E-state index in [1.807, 2.05) is 0 Å². The number of ether oxygens (including phenoxy) is 2. The predicted octanol–water partition coefficient (Wildman–Crippen LogP) is 0.395. The van der Waals surface area contributed by atoms with Gasteiger partial charge in [0.1, 0.15) is 13.3 Å². The summed E-state index contributed by atoms with van der Waals surface area (Å²) in [7, 11) is 0. The number of nitrogens with one attached hydrogen (secondary N) is 2. The second-order valence-electron chi connectivity index (χ2n) is 4.81. The molecule has 10 nitrogen and oxygen atoms in total. The molecule has 0 bridgehead atoms. The fourth-order valence-electron chi connectivity index (χ4n) is 1.81. The van der Waals surface area contributed by atoms with Crippen molar-refractivity contribution in [2.75, 3.05) is 18.5 Å². The maximum Gasteiger partial charge on any atom is 0.305 e. The van der Waals surface area contributed by atoms with Crippen molar-refractivity contribution in [2.45, 2.75) is 33.4 Å². The second-order valence-corrected chi connectivity index (χ2v) is 4.81. The zero-order valence-electron chi connectivity index (χ0n) is 13.5. The van der Waals surface area contributed by atoms with Crippen molar-refractivity contribution in [3.63, 3.8) is 0 Å². The van der Waals surface area contributed by atoms with Gasteiger partial charge in [0.25, 0.3) is 5.56 Å². The number of hydrogen-bond donors (Lipinski definition) is 2. The minimum Gasteiger partial charge on any atom is -0.463 e. The minimum absolute atomic E-state index is 0.0537. The first-order valence-electron chi connectivity index (χ1n) is 7.53. The molecule has 0 spiro atoms. The summed E-state index contributed by atoms with van der Waals surface area (Å²) in [6.45, 7) is 3.82. The maximum absolute atomic E-state index is 11.9. The van der Waals surface area contributed by atoms with Gasteiger partial charge in [-0.1, -0.05) is 13.8 Å². The zero-order valence-corrected chi connectivity index (χ0v) is 13.5. The highest BCUT2D eigenvalue weighted by molar-refractivity contribution is 5.89. The summed E-state index contributed by atoms with van der Waals surface area (Å²) in [6, 6.07) is 0. The first-order valence-corrected chi connectivity index (χ1v) is 7.53. The van der Waals surface area contributed by atoms with Crippen molar-refractivity contribution in [1.82, 2.24) is 19.5 Å². The Morgan fingerprint density at radius 2 is 2.08 bits per heavy atom. The van der Waals surface area contributed by atoms with Gasteiger partial charge in [0, 0.05) is 12.8 Å². The van der Waals surface area contributed by atoms with Crippen LogP contribution in [0.2, 0.25) is 0 Å². The second kappa shape index (κ2) is 8.20. The molecule has 1 amide bonds. The molecule has 2 rings (SSSR count). The Hall–Kier alpha value is -2.75. The van der Waals surface area contributed by atoms with E-state index in [4.69, 9.17) is 9.47 Å². The summed E-state index contributed by atoms with van der Waals surface area (Å²) in [6.07, 6.45) is 1.99. The number of H-pyrrole nitrogens is 1.